The van der Waals surface area contributed by atoms with Gasteiger partial charge in [0.1, 0.15) is 17.9 Å². The lowest BCUT2D eigenvalue weighted by atomic mass is 10.2. The van der Waals surface area contributed by atoms with Crippen molar-refractivity contribution in [3.8, 4) is 22.8 Å². The zero-order valence-electron chi connectivity index (χ0n) is 18.6. The van der Waals surface area contributed by atoms with Gasteiger partial charge in [0.2, 0.25) is 11.7 Å². The van der Waals surface area contributed by atoms with E-state index in [-0.39, 0.29) is 29.7 Å². The number of carbonyl (C=O) groups is 1. The highest BCUT2D eigenvalue weighted by molar-refractivity contribution is 6.30. The number of halogens is 2. The summed E-state index contributed by atoms with van der Waals surface area (Å²) in [4.78, 5) is 34.1. The molecule has 10 heteroatoms. The maximum absolute atomic E-state index is 13.2. The highest BCUT2D eigenvalue weighted by Gasteiger charge is 2.23. The molecular formula is C25H21ClFN5O3. The Labute approximate surface area is 205 Å². The van der Waals surface area contributed by atoms with Crippen LogP contribution in [0.2, 0.25) is 5.02 Å². The topological polar surface area (TPSA) is 84.5 Å². The van der Waals surface area contributed by atoms with Crippen molar-refractivity contribution in [3.63, 3.8) is 0 Å². The molecule has 0 radical (unpaired) electrons. The predicted molar refractivity (Wildman–Crippen MR) is 130 cm³/mol. The number of pyridine rings is 1. The first-order chi connectivity index (χ1) is 17.0. The van der Waals surface area contributed by atoms with Crippen molar-refractivity contribution in [3.05, 3.63) is 88.1 Å². The summed E-state index contributed by atoms with van der Waals surface area (Å²) in [7, 11) is 0. The van der Waals surface area contributed by atoms with Crippen molar-refractivity contribution in [2.75, 3.05) is 31.1 Å². The molecule has 5 rings (SSSR count). The van der Waals surface area contributed by atoms with Gasteiger partial charge in [-0.3, -0.25) is 9.59 Å². The molecule has 2 aromatic heterocycles. The molecule has 1 fully saturated rings. The van der Waals surface area contributed by atoms with E-state index in [9.17, 15) is 14.0 Å². The van der Waals surface area contributed by atoms with Crippen LogP contribution in [0.4, 0.5) is 10.1 Å². The van der Waals surface area contributed by atoms with E-state index >= 15 is 0 Å². The maximum atomic E-state index is 13.2. The molecule has 0 unspecified atom stereocenters. The minimum absolute atomic E-state index is 0.0784. The summed E-state index contributed by atoms with van der Waals surface area (Å²) in [5, 5.41) is 4.54. The summed E-state index contributed by atoms with van der Waals surface area (Å²) < 4.78 is 19.8. The number of amides is 1. The first-order valence-electron chi connectivity index (χ1n) is 11.1. The molecule has 4 aromatic rings. The van der Waals surface area contributed by atoms with Crippen LogP contribution in [0.1, 0.15) is 0 Å². The average molecular weight is 494 g/mol. The second kappa shape index (κ2) is 9.71. The quantitative estimate of drug-likeness (QED) is 0.421. The monoisotopic (exact) mass is 493 g/mol. The van der Waals surface area contributed by atoms with Gasteiger partial charge in [-0.25, -0.2) is 4.39 Å². The Morgan fingerprint density at radius 3 is 2.43 bits per heavy atom. The second-order valence-electron chi connectivity index (χ2n) is 8.13. The number of nitrogens with zero attached hydrogens (tertiary/aromatic N) is 5. The number of carbonyl (C=O) groups excluding carboxylic acids is 1. The van der Waals surface area contributed by atoms with Crippen molar-refractivity contribution < 1.29 is 13.7 Å². The van der Waals surface area contributed by atoms with Crippen LogP contribution in [0.5, 0.6) is 0 Å². The van der Waals surface area contributed by atoms with Crippen molar-refractivity contribution in [2.45, 2.75) is 6.54 Å². The summed E-state index contributed by atoms with van der Waals surface area (Å²) in [6, 6.07) is 16.5. The van der Waals surface area contributed by atoms with Crippen LogP contribution in [0, 0.1) is 5.82 Å². The van der Waals surface area contributed by atoms with E-state index in [1.54, 1.807) is 59.6 Å². The molecule has 0 bridgehead atoms. The Hall–Kier alpha value is -3.98. The van der Waals surface area contributed by atoms with E-state index in [0.717, 1.165) is 5.69 Å². The normalized spacial score (nSPS) is 13.8. The van der Waals surface area contributed by atoms with Gasteiger partial charge in [-0.15, -0.1) is 0 Å². The molecule has 1 aliphatic heterocycles. The molecule has 3 heterocycles. The van der Waals surface area contributed by atoms with Gasteiger partial charge >= 0.3 is 0 Å². The Morgan fingerprint density at radius 2 is 1.71 bits per heavy atom. The lowest BCUT2D eigenvalue weighted by Crippen LogP contribution is -2.50. The summed E-state index contributed by atoms with van der Waals surface area (Å²) in [6.45, 7) is 2.18. The van der Waals surface area contributed by atoms with E-state index in [0.29, 0.717) is 42.6 Å². The minimum Gasteiger partial charge on any atom is -0.368 e. The van der Waals surface area contributed by atoms with E-state index < -0.39 is 5.56 Å². The fourth-order valence-electron chi connectivity index (χ4n) is 3.98. The van der Waals surface area contributed by atoms with Gasteiger partial charge in [0.15, 0.2) is 0 Å². The minimum atomic E-state index is -0.392. The number of aromatic nitrogens is 3. The highest BCUT2D eigenvalue weighted by atomic mass is 35.5. The summed E-state index contributed by atoms with van der Waals surface area (Å²) >= 11 is 5.92. The molecule has 0 aliphatic carbocycles. The Kier molecular flexibility index (Phi) is 6.33. The van der Waals surface area contributed by atoms with Crippen molar-refractivity contribution in [1.82, 2.24) is 19.6 Å². The Bertz CT molecular complexity index is 1390. The Balaban J connectivity index is 1.26. The lowest BCUT2D eigenvalue weighted by molar-refractivity contribution is -0.132. The van der Waals surface area contributed by atoms with E-state index in [4.69, 9.17) is 16.1 Å². The van der Waals surface area contributed by atoms with Gasteiger partial charge in [-0.1, -0.05) is 16.8 Å². The van der Waals surface area contributed by atoms with Crippen molar-refractivity contribution in [2.24, 2.45) is 0 Å². The first kappa shape index (κ1) is 22.8. The molecule has 0 saturated carbocycles. The number of hydrogen-bond acceptors (Lipinski definition) is 6. The third kappa shape index (κ3) is 4.95. The van der Waals surface area contributed by atoms with Crippen LogP contribution in [0.25, 0.3) is 22.8 Å². The van der Waals surface area contributed by atoms with Crippen LogP contribution in [0.15, 0.2) is 76.2 Å². The summed E-state index contributed by atoms with van der Waals surface area (Å²) in [5.74, 6) is -0.0245. The fourth-order valence-corrected chi connectivity index (χ4v) is 4.11. The molecule has 1 aliphatic rings. The van der Waals surface area contributed by atoms with Crippen LogP contribution in [0.3, 0.4) is 0 Å². The molecular weight excluding hydrogens is 473 g/mol. The smallest absolute Gasteiger partial charge is 0.263 e. The molecule has 8 nitrogen and oxygen atoms in total. The van der Waals surface area contributed by atoms with Gasteiger partial charge < -0.3 is 18.9 Å². The lowest BCUT2D eigenvalue weighted by Gasteiger charge is -2.36. The third-order valence-corrected chi connectivity index (χ3v) is 6.16. The summed E-state index contributed by atoms with van der Waals surface area (Å²) in [6.07, 6.45) is 1.56. The van der Waals surface area contributed by atoms with Crippen molar-refractivity contribution >= 4 is 23.2 Å². The van der Waals surface area contributed by atoms with Crippen LogP contribution >= 0.6 is 11.6 Å². The van der Waals surface area contributed by atoms with Gasteiger partial charge in [0, 0.05) is 48.6 Å². The SMILES string of the molecule is O=C(Cn1cccc(-c2nc(-c3ccc(Cl)cc3)no2)c1=O)N1CCN(c2ccc(F)cc2)CC1. The number of benzene rings is 2. The van der Waals surface area contributed by atoms with Gasteiger partial charge in [0.25, 0.3) is 11.4 Å². The fraction of sp³-hybridized carbons (Fsp3) is 0.200. The highest BCUT2D eigenvalue weighted by Crippen LogP contribution is 2.22. The van der Waals surface area contributed by atoms with E-state index in [2.05, 4.69) is 15.0 Å². The molecule has 1 saturated heterocycles. The van der Waals surface area contributed by atoms with Crippen molar-refractivity contribution in [1.29, 1.82) is 0 Å². The maximum Gasteiger partial charge on any atom is 0.263 e. The molecule has 35 heavy (non-hydrogen) atoms. The number of rotatable bonds is 5. The largest absolute Gasteiger partial charge is 0.368 e. The van der Waals surface area contributed by atoms with Crippen LogP contribution in [-0.2, 0) is 11.3 Å². The standard InChI is InChI=1S/C25H21ClFN5O3/c26-18-5-3-17(4-6-18)23-28-24(35-29-23)21-2-1-11-32(25(21)34)16-22(33)31-14-12-30(13-15-31)20-9-7-19(27)8-10-20/h1-11H,12-16H2. The number of piperazine rings is 1. The predicted octanol–water partition coefficient (Wildman–Crippen LogP) is 3.71. The molecule has 0 atom stereocenters. The zero-order chi connectivity index (χ0) is 24.4. The summed E-state index contributed by atoms with van der Waals surface area (Å²) in [5.41, 5.74) is 1.45. The van der Waals surface area contributed by atoms with E-state index in [1.807, 2.05) is 0 Å². The van der Waals surface area contributed by atoms with Gasteiger partial charge in [-0.05, 0) is 60.7 Å². The third-order valence-electron chi connectivity index (χ3n) is 5.91. The van der Waals surface area contributed by atoms with Gasteiger partial charge in [0.05, 0.1) is 0 Å². The van der Waals surface area contributed by atoms with Crippen LogP contribution < -0.4 is 10.5 Å². The molecule has 1 amide bonds. The average Bonchev–Trinajstić information content (AvgIpc) is 3.36. The molecule has 2 aromatic carbocycles. The van der Waals surface area contributed by atoms with E-state index in [1.165, 1.54) is 16.7 Å². The molecule has 0 spiro atoms. The molecule has 178 valence electrons. The zero-order valence-corrected chi connectivity index (χ0v) is 19.4. The number of hydrogen-bond donors (Lipinski definition) is 0. The molecule has 0 N–H and O–H groups in total. The Morgan fingerprint density at radius 1 is 1.00 bits per heavy atom. The number of anilines is 1. The first-order valence-corrected chi connectivity index (χ1v) is 11.4. The second-order valence-corrected chi connectivity index (χ2v) is 8.57. The van der Waals surface area contributed by atoms with Crippen LogP contribution in [-0.4, -0.2) is 51.7 Å². The van der Waals surface area contributed by atoms with Gasteiger partial charge in [-0.2, -0.15) is 4.98 Å².